The molecular formula is C13H16BrFN2O. The van der Waals surface area contributed by atoms with E-state index in [2.05, 4.69) is 26.6 Å². The molecule has 5 heteroatoms. The van der Waals surface area contributed by atoms with Crippen LogP contribution in [0, 0.1) is 11.2 Å². The van der Waals surface area contributed by atoms with Crippen molar-refractivity contribution in [1.29, 1.82) is 0 Å². The van der Waals surface area contributed by atoms with Crippen molar-refractivity contribution in [2.75, 3.05) is 18.4 Å². The molecule has 1 amide bonds. The van der Waals surface area contributed by atoms with Crippen molar-refractivity contribution in [3.63, 3.8) is 0 Å². The second-order valence-corrected chi connectivity index (χ2v) is 5.50. The molecule has 1 saturated heterocycles. The smallest absolute Gasteiger partial charge is 0.231 e. The Bertz CT molecular complexity index is 458. The van der Waals surface area contributed by atoms with E-state index in [4.69, 9.17) is 0 Å². The summed E-state index contributed by atoms with van der Waals surface area (Å²) in [6.45, 7) is 3.55. The molecule has 0 radical (unpaired) electrons. The highest BCUT2D eigenvalue weighted by Crippen LogP contribution is 2.31. The number of hydrogen-bond donors (Lipinski definition) is 2. The maximum absolute atomic E-state index is 13.4. The van der Waals surface area contributed by atoms with Gasteiger partial charge in [0.1, 0.15) is 5.82 Å². The number of halogens is 2. The Balaban J connectivity index is 2.13. The predicted octanol–water partition coefficient (Wildman–Crippen LogP) is 2.92. The van der Waals surface area contributed by atoms with Crippen LogP contribution >= 0.6 is 15.9 Å². The van der Waals surface area contributed by atoms with E-state index in [9.17, 15) is 9.18 Å². The van der Waals surface area contributed by atoms with Crippen molar-refractivity contribution in [2.45, 2.75) is 19.8 Å². The fourth-order valence-corrected chi connectivity index (χ4v) is 2.48. The number of benzene rings is 1. The van der Waals surface area contributed by atoms with Gasteiger partial charge in [-0.1, -0.05) is 6.92 Å². The van der Waals surface area contributed by atoms with Gasteiger partial charge in [0.15, 0.2) is 0 Å². The first-order chi connectivity index (χ1) is 8.57. The highest BCUT2D eigenvalue weighted by atomic mass is 79.9. The summed E-state index contributed by atoms with van der Waals surface area (Å²) in [5.41, 5.74) is 0.143. The Hall–Kier alpha value is -0.940. The molecule has 3 nitrogen and oxygen atoms in total. The van der Waals surface area contributed by atoms with Crippen LogP contribution in [-0.4, -0.2) is 19.0 Å². The van der Waals surface area contributed by atoms with Crippen molar-refractivity contribution in [3.8, 4) is 0 Å². The molecule has 0 aliphatic carbocycles. The number of anilines is 1. The van der Waals surface area contributed by atoms with Crippen LogP contribution in [-0.2, 0) is 4.79 Å². The van der Waals surface area contributed by atoms with Gasteiger partial charge in [-0.25, -0.2) is 4.39 Å². The number of nitrogens with one attached hydrogen (secondary N) is 2. The van der Waals surface area contributed by atoms with E-state index < -0.39 is 0 Å². The summed E-state index contributed by atoms with van der Waals surface area (Å²) in [5.74, 6) is -0.403. The van der Waals surface area contributed by atoms with E-state index in [1.807, 2.05) is 6.92 Å². The zero-order chi connectivity index (χ0) is 13.2. The highest BCUT2D eigenvalue weighted by molar-refractivity contribution is 9.10. The average molecular weight is 315 g/mol. The van der Waals surface area contributed by atoms with Crippen molar-refractivity contribution in [1.82, 2.24) is 5.32 Å². The summed E-state index contributed by atoms with van der Waals surface area (Å²) in [6.07, 6.45) is 1.61. The monoisotopic (exact) mass is 314 g/mol. The van der Waals surface area contributed by atoms with Crippen LogP contribution in [0.25, 0.3) is 0 Å². The van der Waals surface area contributed by atoms with Gasteiger partial charge in [-0.05, 0) is 53.5 Å². The zero-order valence-electron chi connectivity index (χ0n) is 10.2. The summed E-state index contributed by atoms with van der Waals surface area (Å²) in [4.78, 5) is 12.3. The topological polar surface area (TPSA) is 41.1 Å². The molecule has 0 spiro atoms. The lowest BCUT2D eigenvalue weighted by Crippen LogP contribution is -2.37. The number of rotatable bonds is 3. The van der Waals surface area contributed by atoms with Gasteiger partial charge < -0.3 is 10.6 Å². The maximum Gasteiger partial charge on any atom is 0.231 e. The number of hydrogen-bond acceptors (Lipinski definition) is 2. The third-order valence-electron chi connectivity index (χ3n) is 3.58. The Labute approximate surface area is 114 Å². The Morgan fingerprint density at radius 3 is 2.94 bits per heavy atom. The number of amides is 1. The van der Waals surface area contributed by atoms with Crippen LogP contribution in [0.15, 0.2) is 22.7 Å². The van der Waals surface area contributed by atoms with E-state index in [1.54, 1.807) is 12.1 Å². The third kappa shape index (κ3) is 2.57. The lowest BCUT2D eigenvalue weighted by molar-refractivity contribution is -0.124. The van der Waals surface area contributed by atoms with Crippen LogP contribution in [0.2, 0.25) is 0 Å². The van der Waals surface area contributed by atoms with Crippen LogP contribution in [0.1, 0.15) is 19.8 Å². The van der Waals surface area contributed by atoms with Crippen molar-refractivity contribution in [2.24, 2.45) is 5.41 Å². The average Bonchev–Trinajstić information content (AvgIpc) is 2.84. The molecule has 98 valence electrons. The van der Waals surface area contributed by atoms with Crippen molar-refractivity contribution >= 4 is 27.5 Å². The minimum Gasteiger partial charge on any atom is -0.325 e. The number of carbonyl (C=O) groups is 1. The largest absolute Gasteiger partial charge is 0.325 e. The van der Waals surface area contributed by atoms with Gasteiger partial charge in [-0.15, -0.1) is 0 Å². The molecule has 1 fully saturated rings. The fourth-order valence-electron chi connectivity index (χ4n) is 2.24. The lowest BCUT2D eigenvalue weighted by Gasteiger charge is -2.25. The van der Waals surface area contributed by atoms with E-state index in [-0.39, 0.29) is 17.1 Å². The lowest BCUT2D eigenvalue weighted by atomic mass is 9.83. The maximum atomic E-state index is 13.4. The Kier molecular flexibility index (Phi) is 4.02. The minimum atomic E-state index is -0.372. The Morgan fingerprint density at radius 2 is 2.39 bits per heavy atom. The SMILES string of the molecule is CCC1(C(=O)Nc2ccc(Br)c(F)c2)CCNC1. The van der Waals surface area contributed by atoms with Gasteiger partial charge in [0.2, 0.25) is 5.91 Å². The zero-order valence-corrected chi connectivity index (χ0v) is 11.8. The van der Waals surface area contributed by atoms with Crippen LogP contribution in [0.4, 0.5) is 10.1 Å². The third-order valence-corrected chi connectivity index (χ3v) is 4.22. The molecule has 1 aromatic rings. The molecular weight excluding hydrogens is 299 g/mol. The first kappa shape index (κ1) is 13.5. The molecule has 0 aromatic heterocycles. The van der Waals surface area contributed by atoms with E-state index >= 15 is 0 Å². The molecule has 1 atom stereocenters. The highest BCUT2D eigenvalue weighted by Gasteiger charge is 2.39. The van der Waals surface area contributed by atoms with Crippen LogP contribution < -0.4 is 10.6 Å². The van der Waals surface area contributed by atoms with E-state index in [0.717, 1.165) is 19.4 Å². The first-order valence-corrected chi connectivity index (χ1v) is 6.84. The molecule has 1 aliphatic heterocycles. The molecule has 0 bridgehead atoms. The molecule has 1 unspecified atom stereocenters. The Morgan fingerprint density at radius 1 is 1.61 bits per heavy atom. The molecule has 1 aliphatic rings. The second kappa shape index (κ2) is 5.36. The van der Waals surface area contributed by atoms with Crippen LogP contribution in [0.3, 0.4) is 0 Å². The fraction of sp³-hybridized carbons (Fsp3) is 0.462. The van der Waals surface area contributed by atoms with E-state index in [0.29, 0.717) is 16.7 Å². The van der Waals surface area contributed by atoms with Crippen molar-refractivity contribution < 1.29 is 9.18 Å². The predicted molar refractivity (Wildman–Crippen MR) is 72.9 cm³/mol. The first-order valence-electron chi connectivity index (χ1n) is 6.04. The summed E-state index contributed by atoms with van der Waals surface area (Å²) in [7, 11) is 0. The van der Waals surface area contributed by atoms with Crippen molar-refractivity contribution in [3.05, 3.63) is 28.5 Å². The summed E-state index contributed by atoms with van der Waals surface area (Å²) in [6, 6.07) is 4.61. The molecule has 1 heterocycles. The summed E-state index contributed by atoms with van der Waals surface area (Å²) >= 11 is 3.09. The molecule has 0 saturated carbocycles. The second-order valence-electron chi connectivity index (χ2n) is 4.64. The normalized spacial score (nSPS) is 23.1. The van der Waals surface area contributed by atoms with Gasteiger partial charge in [0.25, 0.3) is 0 Å². The molecule has 1 aromatic carbocycles. The van der Waals surface area contributed by atoms with Gasteiger partial charge in [0.05, 0.1) is 9.89 Å². The van der Waals surface area contributed by atoms with Gasteiger partial charge in [-0.3, -0.25) is 4.79 Å². The molecule has 18 heavy (non-hydrogen) atoms. The van der Waals surface area contributed by atoms with Crippen LogP contribution in [0.5, 0.6) is 0 Å². The van der Waals surface area contributed by atoms with E-state index in [1.165, 1.54) is 6.07 Å². The number of carbonyl (C=O) groups excluding carboxylic acids is 1. The standard InChI is InChI=1S/C13H16BrFN2O/c1-2-13(5-6-16-8-13)12(18)17-9-3-4-10(14)11(15)7-9/h3-4,7,16H,2,5-6,8H2,1H3,(H,17,18). The molecule has 2 N–H and O–H groups in total. The van der Waals surface area contributed by atoms with Gasteiger partial charge >= 0.3 is 0 Å². The van der Waals surface area contributed by atoms with Gasteiger partial charge in [-0.2, -0.15) is 0 Å². The minimum absolute atomic E-state index is 0.0308. The van der Waals surface area contributed by atoms with Gasteiger partial charge in [0, 0.05) is 12.2 Å². The quantitative estimate of drug-likeness (QED) is 0.900. The molecule has 2 rings (SSSR count). The summed E-state index contributed by atoms with van der Waals surface area (Å²) in [5, 5.41) is 6.01. The summed E-state index contributed by atoms with van der Waals surface area (Å²) < 4.78 is 13.8.